The van der Waals surface area contributed by atoms with Gasteiger partial charge in [0.25, 0.3) is 5.91 Å². The van der Waals surface area contributed by atoms with Gasteiger partial charge in [0.05, 0.1) is 29.3 Å². The van der Waals surface area contributed by atoms with Crippen molar-refractivity contribution in [3.8, 4) is 0 Å². The Labute approximate surface area is 143 Å². The van der Waals surface area contributed by atoms with E-state index in [0.717, 1.165) is 55.5 Å². The number of hydrogen-bond donors (Lipinski definition) is 2. The van der Waals surface area contributed by atoms with Crippen LogP contribution in [-0.4, -0.2) is 58.0 Å². The number of carboxylic acids is 2. The molecule has 25 heavy (non-hydrogen) atoms. The molecule has 1 aromatic carbocycles. The third-order valence-corrected chi connectivity index (χ3v) is 4.62. The van der Waals surface area contributed by atoms with Gasteiger partial charge >= 0.3 is 11.9 Å². The zero-order chi connectivity index (χ0) is 18.1. The van der Waals surface area contributed by atoms with E-state index in [-0.39, 0.29) is 23.2 Å². The zero-order valence-electron chi connectivity index (χ0n) is 13.5. The van der Waals surface area contributed by atoms with Gasteiger partial charge in [0.15, 0.2) is 0 Å². The summed E-state index contributed by atoms with van der Waals surface area (Å²) < 4.78 is 0. The second kappa shape index (κ2) is 6.64. The van der Waals surface area contributed by atoms with Gasteiger partial charge in [0.2, 0.25) is 5.91 Å². The number of carbonyl (C=O) groups is 4. The highest BCUT2D eigenvalue weighted by atomic mass is 16.4. The highest BCUT2D eigenvalue weighted by Gasteiger charge is 2.43. The second-order valence-corrected chi connectivity index (χ2v) is 6.26. The number of anilines is 1. The minimum Gasteiger partial charge on any atom is -0.478 e. The Hall–Kier alpha value is -2.74. The number of imide groups is 1. The minimum absolute atomic E-state index is 0.00758. The lowest BCUT2D eigenvalue weighted by molar-refractivity contribution is -0.123. The Morgan fingerprint density at radius 2 is 1.48 bits per heavy atom. The van der Waals surface area contributed by atoms with Crippen LogP contribution in [0.3, 0.4) is 0 Å². The van der Waals surface area contributed by atoms with Crippen LogP contribution in [0.15, 0.2) is 18.2 Å². The van der Waals surface area contributed by atoms with Gasteiger partial charge in [-0.3, -0.25) is 14.5 Å². The number of nitrogens with zero attached hydrogens (tertiary/aromatic N) is 2. The molecule has 3 rings (SSSR count). The number of carbonyl (C=O) groups excluding carboxylic acids is 2. The number of carboxylic acid groups (broad SMARTS) is 2. The number of hydrogen-bond acceptors (Lipinski definition) is 5. The molecular formula is C17H18N2O6. The molecule has 0 aliphatic carbocycles. The van der Waals surface area contributed by atoms with Gasteiger partial charge in [-0.05, 0) is 44.1 Å². The standard InChI is InChI=1S/C17H18N2O6/c20-14-9-13(18-4-2-1-3-5-18)15(21)19(14)12-7-10(16(22)23)6-11(8-12)17(24)25/h6-8,13H,1-5,9H2,(H,22,23)(H,24,25). The summed E-state index contributed by atoms with van der Waals surface area (Å²) in [6, 6.07) is 2.75. The summed E-state index contributed by atoms with van der Waals surface area (Å²) in [7, 11) is 0. The fraction of sp³-hybridized carbons (Fsp3) is 0.412. The largest absolute Gasteiger partial charge is 0.478 e. The molecule has 2 fully saturated rings. The molecule has 0 saturated carbocycles. The molecule has 132 valence electrons. The molecule has 2 aliphatic heterocycles. The van der Waals surface area contributed by atoms with Crippen molar-refractivity contribution in [2.45, 2.75) is 31.7 Å². The fourth-order valence-corrected chi connectivity index (χ4v) is 3.39. The van der Waals surface area contributed by atoms with Gasteiger partial charge in [-0.25, -0.2) is 14.5 Å². The van der Waals surface area contributed by atoms with Crippen molar-refractivity contribution in [2.24, 2.45) is 0 Å². The van der Waals surface area contributed by atoms with Gasteiger partial charge in [-0.2, -0.15) is 0 Å². The summed E-state index contributed by atoms with van der Waals surface area (Å²) in [6.07, 6.45) is 3.06. The van der Waals surface area contributed by atoms with Crippen LogP contribution in [0.1, 0.15) is 46.4 Å². The van der Waals surface area contributed by atoms with Crippen molar-refractivity contribution in [1.82, 2.24) is 4.90 Å². The van der Waals surface area contributed by atoms with Crippen LogP contribution in [0.25, 0.3) is 0 Å². The average Bonchev–Trinajstić information content (AvgIpc) is 2.89. The molecule has 1 unspecified atom stereocenters. The Morgan fingerprint density at radius 3 is 2.00 bits per heavy atom. The van der Waals surface area contributed by atoms with Gasteiger partial charge < -0.3 is 10.2 Å². The maximum atomic E-state index is 12.7. The SMILES string of the molecule is O=C(O)c1cc(C(=O)O)cc(N2C(=O)CC(N3CCCCC3)C2=O)c1. The Balaban J connectivity index is 1.95. The van der Waals surface area contributed by atoms with Gasteiger partial charge in [0, 0.05) is 0 Å². The van der Waals surface area contributed by atoms with Crippen LogP contribution in [0.2, 0.25) is 0 Å². The molecule has 0 spiro atoms. The van der Waals surface area contributed by atoms with Crippen LogP contribution >= 0.6 is 0 Å². The van der Waals surface area contributed by atoms with E-state index in [2.05, 4.69) is 0 Å². The van der Waals surface area contributed by atoms with E-state index in [1.807, 2.05) is 4.90 Å². The van der Waals surface area contributed by atoms with Crippen molar-refractivity contribution in [1.29, 1.82) is 0 Å². The first-order chi connectivity index (χ1) is 11.9. The van der Waals surface area contributed by atoms with Crippen molar-refractivity contribution in [3.63, 3.8) is 0 Å². The number of aromatic carboxylic acids is 2. The molecule has 0 bridgehead atoms. The summed E-state index contributed by atoms with van der Waals surface area (Å²) in [6.45, 7) is 1.49. The van der Waals surface area contributed by atoms with E-state index in [1.165, 1.54) is 0 Å². The number of likely N-dealkylation sites (tertiary alicyclic amines) is 1. The third-order valence-electron chi connectivity index (χ3n) is 4.62. The van der Waals surface area contributed by atoms with E-state index < -0.39 is 29.8 Å². The molecule has 2 amide bonds. The number of benzene rings is 1. The Kier molecular flexibility index (Phi) is 4.54. The van der Waals surface area contributed by atoms with Crippen LogP contribution in [0.4, 0.5) is 5.69 Å². The summed E-state index contributed by atoms with van der Waals surface area (Å²) in [5.41, 5.74) is -0.569. The van der Waals surface area contributed by atoms with Crippen molar-refractivity contribution < 1.29 is 29.4 Å². The predicted molar refractivity (Wildman–Crippen MR) is 86.7 cm³/mol. The quantitative estimate of drug-likeness (QED) is 0.787. The number of rotatable bonds is 4. The highest BCUT2D eigenvalue weighted by molar-refractivity contribution is 6.22. The smallest absolute Gasteiger partial charge is 0.335 e. The molecule has 1 aromatic rings. The van der Waals surface area contributed by atoms with Gasteiger partial charge in [-0.15, -0.1) is 0 Å². The molecule has 2 heterocycles. The van der Waals surface area contributed by atoms with Crippen LogP contribution in [-0.2, 0) is 9.59 Å². The Morgan fingerprint density at radius 1 is 0.920 bits per heavy atom. The van der Waals surface area contributed by atoms with Gasteiger partial charge in [-0.1, -0.05) is 6.42 Å². The Bertz CT molecular complexity index is 721. The van der Waals surface area contributed by atoms with Crippen molar-refractivity contribution in [2.75, 3.05) is 18.0 Å². The first kappa shape index (κ1) is 17.1. The lowest BCUT2D eigenvalue weighted by atomic mass is 10.1. The van der Waals surface area contributed by atoms with Crippen LogP contribution in [0, 0.1) is 0 Å². The van der Waals surface area contributed by atoms with Gasteiger partial charge in [0.1, 0.15) is 0 Å². The maximum Gasteiger partial charge on any atom is 0.335 e. The molecule has 2 saturated heterocycles. The summed E-state index contributed by atoms with van der Waals surface area (Å²) in [4.78, 5) is 50.5. The summed E-state index contributed by atoms with van der Waals surface area (Å²) >= 11 is 0. The number of amides is 2. The lowest BCUT2D eigenvalue weighted by Gasteiger charge is -2.30. The van der Waals surface area contributed by atoms with Crippen LogP contribution in [0.5, 0.6) is 0 Å². The third kappa shape index (κ3) is 3.25. The number of piperidine rings is 1. The average molecular weight is 346 g/mol. The summed E-state index contributed by atoms with van der Waals surface area (Å²) in [5, 5.41) is 18.3. The molecule has 2 aliphatic rings. The molecule has 8 heteroatoms. The van der Waals surface area contributed by atoms with Crippen molar-refractivity contribution in [3.05, 3.63) is 29.3 Å². The van der Waals surface area contributed by atoms with Crippen molar-refractivity contribution >= 4 is 29.4 Å². The second-order valence-electron chi connectivity index (χ2n) is 6.26. The fourth-order valence-electron chi connectivity index (χ4n) is 3.39. The molecule has 0 aromatic heterocycles. The van der Waals surface area contributed by atoms with E-state index in [4.69, 9.17) is 10.2 Å². The zero-order valence-corrected chi connectivity index (χ0v) is 13.5. The van der Waals surface area contributed by atoms with E-state index in [9.17, 15) is 19.2 Å². The summed E-state index contributed by atoms with van der Waals surface area (Å²) in [5.74, 6) is -3.52. The van der Waals surface area contributed by atoms with Crippen LogP contribution < -0.4 is 4.90 Å². The predicted octanol–water partition coefficient (Wildman–Crippen LogP) is 1.20. The van der Waals surface area contributed by atoms with E-state index in [1.54, 1.807) is 0 Å². The molecular weight excluding hydrogens is 328 g/mol. The maximum absolute atomic E-state index is 12.7. The molecule has 8 nitrogen and oxygen atoms in total. The molecule has 2 N–H and O–H groups in total. The highest BCUT2D eigenvalue weighted by Crippen LogP contribution is 2.29. The van der Waals surface area contributed by atoms with E-state index >= 15 is 0 Å². The topological polar surface area (TPSA) is 115 Å². The minimum atomic E-state index is -1.32. The normalized spacial score (nSPS) is 21.6. The molecule has 0 radical (unpaired) electrons. The van der Waals surface area contributed by atoms with E-state index in [0.29, 0.717) is 0 Å². The first-order valence-corrected chi connectivity index (χ1v) is 8.11. The lowest BCUT2D eigenvalue weighted by Crippen LogP contribution is -2.44. The first-order valence-electron chi connectivity index (χ1n) is 8.11. The monoisotopic (exact) mass is 346 g/mol. The molecule has 1 atom stereocenters.